The number of aliphatic hydroxyl groups is 1. The Morgan fingerprint density at radius 2 is 2.23 bits per heavy atom. The summed E-state index contributed by atoms with van der Waals surface area (Å²) in [6.45, 7) is 4.11. The fourth-order valence-corrected chi connectivity index (χ4v) is 0.820. The van der Waals surface area contributed by atoms with E-state index in [4.69, 9.17) is 14.6 Å². The molecule has 0 aliphatic heterocycles. The Labute approximate surface area is 78.8 Å². The topological polar surface area (TPSA) is 55.8 Å². The minimum Gasteiger partial charge on any atom is -0.458 e. The van der Waals surface area contributed by atoms with Gasteiger partial charge in [-0.2, -0.15) is 0 Å². The minimum atomic E-state index is -0.519. The number of hydrogen-bond acceptors (Lipinski definition) is 4. The van der Waals surface area contributed by atoms with Gasteiger partial charge in [0.25, 0.3) is 0 Å². The second-order valence-corrected chi connectivity index (χ2v) is 2.84. The van der Waals surface area contributed by atoms with E-state index < -0.39 is 12.1 Å². The first kappa shape index (κ1) is 12.4. The molecule has 78 valence electrons. The van der Waals surface area contributed by atoms with Crippen LogP contribution >= 0.6 is 0 Å². The third kappa shape index (κ3) is 7.74. The molecule has 13 heavy (non-hydrogen) atoms. The maximum atomic E-state index is 10.5. The summed E-state index contributed by atoms with van der Waals surface area (Å²) < 4.78 is 9.96. The van der Waals surface area contributed by atoms with Crippen molar-refractivity contribution in [1.29, 1.82) is 0 Å². The molecule has 0 heterocycles. The van der Waals surface area contributed by atoms with Gasteiger partial charge >= 0.3 is 5.97 Å². The molecule has 1 unspecified atom stereocenters. The first-order valence-corrected chi connectivity index (χ1v) is 4.56. The van der Waals surface area contributed by atoms with Gasteiger partial charge in [-0.25, -0.2) is 0 Å². The number of aliphatic hydroxyl groups excluding tert-OH is 1. The van der Waals surface area contributed by atoms with E-state index in [1.54, 1.807) is 0 Å². The smallest absolute Gasteiger partial charge is 0.303 e. The number of hydrogen-bond donors (Lipinski definition) is 1. The molecular formula is C9H18O4. The van der Waals surface area contributed by atoms with Crippen molar-refractivity contribution in [2.24, 2.45) is 0 Å². The van der Waals surface area contributed by atoms with Crippen molar-refractivity contribution in [2.75, 3.05) is 19.8 Å². The van der Waals surface area contributed by atoms with Gasteiger partial charge in [-0.15, -0.1) is 0 Å². The molecule has 4 heteroatoms. The minimum absolute atomic E-state index is 0.189. The van der Waals surface area contributed by atoms with Gasteiger partial charge in [0.05, 0.1) is 13.2 Å². The molecule has 0 aliphatic rings. The summed E-state index contributed by atoms with van der Waals surface area (Å²) in [5.41, 5.74) is 0. The average Bonchev–Trinajstić information content (AvgIpc) is 2.09. The lowest BCUT2D eigenvalue weighted by Gasteiger charge is -2.14. The Morgan fingerprint density at radius 1 is 1.54 bits per heavy atom. The molecule has 0 saturated heterocycles. The Kier molecular flexibility index (Phi) is 7.63. The maximum absolute atomic E-state index is 10.5. The van der Waals surface area contributed by atoms with Crippen molar-refractivity contribution in [2.45, 2.75) is 32.8 Å². The van der Waals surface area contributed by atoms with Crippen LogP contribution in [-0.2, 0) is 14.3 Å². The summed E-state index contributed by atoms with van der Waals surface area (Å²) >= 11 is 0. The molecule has 0 aromatic rings. The molecule has 0 amide bonds. The highest BCUT2D eigenvalue weighted by Crippen LogP contribution is 1.95. The zero-order valence-corrected chi connectivity index (χ0v) is 8.28. The van der Waals surface area contributed by atoms with Gasteiger partial charge in [0.2, 0.25) is 0 Å². The molecule has 0 aromatic heterocycles. The molecule has 0 bridgehead atoms. The van der Waals surface area contributed by atoms with Crippen LogP contribution in [0.25, 0.3) is 0 Å². The van der Waals surface area contributed by atoms with E-state index in [2.05, 4.69) is 6.92 Å². The Morgan fingerprint density at radius 3 is 2.69 bits per heavy atom. The van der Waals surface area contributed by atoms with Gasteiger partial charge in [-0.3, -0.25) is 4.79 Å². The lowest BCUT2D eigenvalue weighted by molar-refractivity contribution is -0.151. The van der Waals surface area contributed by atoms with Crippen molar-refractivity contribution in [1.82, 2.24) is 0 Å². The molecule has 0 fully saturated rings. The van der Waals surface area contributed by atoms with Gasteiger partial charge in [-0.1, -0.05) is 13.3 Å². The normalized spacial score (nSPS) is 12.5. The lowest BCUT2D eigenvalue weighted by atomic mass is 10.3. The number of ether oxygens (including phenoxy) is 2. The van der Waals surface area contributed by atoms with Crippen LogP contribution in [0.4, 0.5) is 0 Å². The number of esters is 1. The van der Waals surface area contributed by atoms with Crippen molar-refractivity contribution in [3.63, 3.8) is 0 Å². The summed E-state index contributed by atoms with van der Waals surface area (Å²) in [5.74, 6) is -0.391. The molecule has 0 aromatic carbocycles. The molecule has 0 saturated carbocycles. The zero-order chi connectivity index (χ0) is 10.1. The summed E-state index contributed by atoms with van der Waals surface area (Å²) in [6.07, 6.45) is 1.53. The lowest BCUT2D eigenvalue weighted by Crippen LogP contribution is -2.26. The predicted molar refractivity (Wildman–Crippen MR) is 48.4 cm³/mol. The van der Waals surface area contributed by atoms with Crippen molar-refractivity contribution in [3.8, 4) is 0 Å². The van der Waals surface area contributed by atoms with Crippen LogP contribution in [0, 0.1) is 0 Å². The number of carbonyl (C=O) groups is 1. The highest BCUT2D eigenvalue weighted by molar-refractivity contribution is 5.66. The first-order chi connectivity index (χ1) is 6.20. The predicted octanol–water partition coefficient (Wildman–Crippen LogP) is 0.727. The Hall–Kier alpha value is -0.610. The third-order valence-electron chi connectivity index (χ3n) is 1.48. The van der Waals surface area contributed by atoms with E-state index in [9.17, 15) is 4.79 Å². The van der Waals surface area contributed by atoms with E-state index in [1.807, 2.05) is 0 Å². The summed E-state index contributed by atoms with van der Waals surface area (Å²) in [7, 11) is 0. The molecule has 0 rings (SSSR count). The summed E-state index contributed by atoms with van der Waals surface area (Å²) in [4.78, 5) is 10.5. The van der Waals surface area contributed by atoms with E-state index in [0.29, 0.717) is 6.61 Å². The molecule has 0 aliphatic carbocycles. The second-order valence-electron chi connectivity index (χ2n) is 2.84. The fraction of sp³-hybridized carbons (Fsp3) is 0.889. The quantitative estimate of drug-likeness (QED) is 0.475. The van der Waals surface area contributed by atoms with Gasteiger partial charge in [-0.05, 0) is 6.42 Å². The van der Waals surface area contributed by atoms with E-state index in [0.717, 1.165) is 12.8 Å². The van der Waals surface area contributed by atoms with Crippen LogP contribution in [0.3, 0.4) is 0 Å². The van der Waals surface area contributed by atoms with Crippen LogP contribution in [0.2, 0.25) is 0 Å². The third-order valence-corrected chi connectivity index (χ3v) is 1.48. The maximum Gasteiger partial charge on any atom is 0.303 e. The van der Waals surface area contributed by atoms with Crippen LogP contribution in [0.1, 0.15) is 26.7 Å². The number of carbonyl (C=O) groups excluding carboxylic acids is 1. The van der Waals surface area contributed by atoms with Crippen LogP contribution in [0.15, 0.2) is 0 Å². The van der Waals surface area contributed by atoms with Crippen molar-refractivity contribution in [3.05, 3.63) is 0 Å². The molecule has 0 radical (unpaired) electrons. The number of unbranched alkanes of at least 4 members (excludes halogenated alkanes) is 1. The summed E-state index contributed by atoms with van der Waals surface area (Å²) in [5, 5.41) is 8.77. The van der Waals surface area contributed by atoms with E-state index >= 15 is 0 Å². The van der Waals surface area contributed by atoms with Gasteiger partial charge in [0.15, 0.2) is 0 Å². The second kappa shape index (κ2) is 8.01. The van der Waals surface area contributed by atoms with Crippen LogP contribution < -0.4 is 0 Å². The first-order valence-electron chi connectivity index (χ1n) is 4.56. The molecular weight excluding hydrogens is 172 g/mol. The largest absolute Gasteiger partial charge is 0.458 e. The standard InChI is InChI=1S/C9H18O4/c1-3-4-5-12-7-9(6-10)13-8(2)11/h9-10H,3-7H2,1-2H3. The molecule has 1 N–H and O–H groups in total. The van der Waals surface area contributed by atoms with Gasteiger partial charge in [0.1, 0.15) is 6.10 Å². The van der Waals surface area contributed by atoms with Crippen molar-refractivity contribution >= 4 is 5.97 Å². The van der Waals surface area contributed by atoms with E-state index in [-0.39, 0.29) is 13.2 Å². The zero-order valence-electron chi connectivity index (χ0n) is 8.28. The molecule has 0 spiro atoms. The highest BCUT2D eigenvalue weighted by Gasteiger charge is 2.09. The molecule has 1 atom stereocenters. The van der Waals surface area contributed by atoms with E-state index in [1.165, 1.54) is 6.92 Å². The average molecular weight is 190 g/mol. The van der Waals surface area contributed by atoms with Crippen molar-refractivity contribution < 1.29 is 19.4 Å². The monoisotopic (exact) mass is 190 g/mol. The van der Waals surface area contributed by atoms with Crippen LogP contribution in [0.5, 0.6) is 0 Å². The summed E-state index contributed by atoms with van der Waals surface area (Å²) in [6, 6.07) is 0. The molecule has 4 nitrogen and oxygen atoms in total. The number of rotatable bonds is 7. The SMILES string of the molecule is CCCCOCC(CO)OC(C)=O. The van der Waals surface area contributed by atoms with Gasteiger partial charge < -0.3 is 14.6 Å². The van der Waals surface area contributed by atoms with Gasteiger partial charge in [0, 0.05) is 13.5 Å². The fourth-order valence-electron chi connectivity index (χ4n) is 0.820. The van der Waals surface area contributed by atoms with Crippen LogP contribution in [-0.4, -0.2) is 37.0 Å². The highest BCUT2D eigenvalue weighted by atomic mass is 16.6. The Bertz CT molecular complexity index is 136. The Balaban J connectivity index is 3.42.